The van der Waals surface area contributed by atoms with Crippen LogP contribution < -0.4 is 0 Å². The van der Waals surface area contributed by atoms with Gasteiger partial charge in [-0.1, -0.05) is 43.7 Å². The lowest BCUT2D eigenvalue weighted by atomic mass is 9.85. The lowest BCUT2D eigenvalue weighted by molar-refractivity contribution is 0.0606. The summed E-state index contributed by atoms with van der Waals surface area (Å²) in [4.78, 5) is 12.0. The molecule has 2 rings (SSSR count). The van der Waals surface area contributed by atoms with Crippen LogP contribution in [0.15, 0.2) is 5.38 Å². The van der Waals surface area contributed by atoms with Crippen molar-refractivity contribution < 1.29 is 9.53 Å². The van der Waals surface area contributed by atoms with Crippen LogP contribution >= 0.6 is 22.9 Å². The van der Waals surface area contributed by atoms with Crippen LogP contribution in [-0.4, -0.2) is 13.1 Å². The van der Waals surface area contributed by atoms with E-state index in [1.165, 1.54) is 50.6 Å². The molecule has 94 valence electrons. The van der Waals surface area contributed by atoms with Crippen molar-refractivity contribution in [1.29, 1.82) is 0 Å². The van der Waals surface area contributed by atoms with Gasteiger partial charge < -0.3 is 4.74 Å². The van der Waals surface area contributed by atoms with Crippen LogP contribution in [0.1, 0.15) is 47.3 Å². The molecule has 1 aromatic heterocycles. The second-order valence-corrected chi connectivity index (χ2v) is 5.86. The zero-order valence-electron chi connectivity index (χ0n) is 10.0. The van der Waals surface area contributed by atoms with Crippen molar-refractivity contribution in [1.82, 2.24) is 0 Å². The fourth-order valence-corrected chi connectivity index (χ4v) is 3.75. The number of esters is 1. The van der Waals surface area contributed by atoms with Crippen molar-refractivity contribution in [2.45, 2.75) is 38.5 Å². The largest absolute Gasteiger partial charge is 0.465 e. The molecule has 0 spiro atoms. The minimum Gasteiger partial charge on any atom is -0.465 e. The number of hydrogen-bond donors (Lipinski definition) is 0. The molecule has 1 fully saturated rings. The number of thiophene rings is 1. The van der Waals surface area contributed by atoms with Crippen molar-refractivity contribution in [2.24, 2.45) is 5.92 Å². The van der Waals surface area contributed by atoms with Crippen LogP contribution in [0.4, 0.5) is 0 Å². The van der Waals surface area contributed by atoms with E-state index in [9.17, 15) is 4.79 Å². The van der Waals surface area contributed by atoms with Gasteiger partial charge in [0.1, 0.15) is 4.88 Å². The van der Waals surface area contributed by atoms with Gasteiger partial charge in [0.15, 0.2) is 0 Å². The van der Waals surface area contributed by atoms with Crippen LogP contribution in [0.5, 0.6) is 0 Å². The Morgan fingerprint density at radius 1 is 1.47 bits per heavy atom. The monoisotopic (exact) mass is 272 g/mol. The third-order valence-corrected chi connectivity index (χ3v) is 4.96. The Morgan fingerprint density at radius 2 is 2.18 bits per heavy atom. The molecule has 0 radical (unpaired) electrons. The summed E-state index contributed by atoms with van der Waals surface area (Å²) in [6.07, 6.45) is 7.61. The maximum absolute atomic E-state index is 11.4. The lowest BCUT2D eigenvalue weighted by Crippen LogP contribution is -2.09. The van der Waals surface area contributed by atoms with Crippen LogP contribution in [0, 0.1) is 5.92 Å². The smallest absolute Gasteiger partial charge is 0.349 e. The van der Waals surface area contributed by atoms with Gasteiger partial charge in [0.2, 0.25) is 0 Å². The van der Waals surface area contributed by atoms with Crippen LogP contribution in [0.25, 0.3) is 0 Å². The molecule has 1 aliphatic carbocycles. The highest BCUT2D eigenvalue weighted by Gasteiger charge is 2.20. The molecule has 1 aliphatic rings. The first-order chi connectivity index (χ1) is 8.22. The fraction of sp³-hybridized carbons (Fsp3) is 0.615. The van der Waals surface area contributed by atoms with E-state index in [0.717, 1.165) is 17.9 Å². The zero-order valence-corrected chi connectivity index (χ0v) is 11.6. The molecular weight excluding hydrogens is 256 g/mol. The number of halogens is 1. The van der Waals surface area contributed by atoms with Gasteiger partial charge in [0.05, 0.1) is 12.1 Å². The summed E-state index contributed by atoms with van der Waals surface area (Å²) in [5, 5.41) is 2.61. The zero-order chi connectivity index (χ0) is 12.3. The Labute approximate surface area is 111 Å². The molecule has 0 unspecified atom stereocenters. The Morgan fingerprint density at radius 3 is 2.82 bits per heavy atom. The summed E-state index contributed by atoms with van der Waals surface area (Å²) < 4.78 is 4.71. The van der Waals surface area contributed by atoms with Crippen LogP contribution in [-0.2, 0) is 11.2 Å². The summed E-state index contributed by atoms with van der Waals surface area (Å²) in [6.45, 7) is 0. The predicted octanol–water partition coefficient (Wildman–Crippen LogP) is 4.31. The first-order valence-corrected chi connectivity index (χ1v) is 7.32. The summed E-state index contributed by atoms with van der Waals surface area (Å²) >= 11 is 7.62. The molecule has 0 aromatic carbocycles. The average Bonchev–Trinajstić information content (AvgIpc) is 2.72. The quantitative estimate of drug-likeness (QED) is 0.767. The molecule has 0 N–H and O–H groups in total. The number of methoxy groups -OCH3 is 1. The summed E-state index contributed by atoms with van der Waals surface area (Å²) in [5.41, 5.74) is 1.11. The fourth-order valence-electron chi connectivity index (χ4n) is 2.45. The normalized spacial score (nSPS) is 17.1. The van der Waals surface area contributed by atoms with E-state index in [4.69, 9.17) is 16.3 Å². The van der Waals surface area contributed by atoms with Crippen molar-refractivity contribution in [2.75, 3.05) is 7.11 Å². The standard InChI is InChI=1S/C13H17ClO2S/c1-16-13(15)12-11(14)10(8-17-12)7-9-5-3-2-4-6-9/h8-9H,2-7H2,1H3. The van der Waals surface area contributed by atoms with Gasteiger partial charge in [-0.2, -0.15) is 0 Å². The number of rotatable bonds is 3. The van der Waals surface area contributed by atoms with E-state index in [0.29, 0.717) is 9.90 Å². The van der Waals surface area contributed by atoms with Gasteiger partial charge in [0.25, 0.3) is 0 Å². The second kappa shape index (κ2) is 5.87. The van der Waals surface area contributed by atoms with Crippen molar-refractivity contribution in [3.63, 3.8) is 0 Å². The summed E-state index contributed by atoms with van der Waals surface area (Å²) in [6, 6.07) is 0. The van der Waals surface area contributed by atoms with Crippen molar-refractivity contribution >= 4 is 28.9 Å². The minimum absolute atomic E-state index is 0.324. The molecule has 2 nitrogen and oxygen atoms in total. The first kappa shape index (κ1) is 12.9. The molecule has 0 aliphatic heterocycles. The predicted molar refractivity (Wildman–Crippen MR) is 70.9 cm³/mol. The Kier molecular flexibility index (Phi) is 4.46. The minimum atomic E-state index is -0.324. The van der Waals surface area contributed by atoms with E-state index in [-0.39, 0.29) is 5.97 Å². The van der Waals surface area contributed by atoms with Gasteiger partial charge in [-0.05, 0) is 23.3 Å². The van der Waals surface area contributed by atoms with E-state index < -0.39 is 0 Å². The Balaban J connectivity index is 2.06. The highest BCUT2D eigenvalue weighted by Crippen LogP contribution is 2.34. The molecule has 17 heavy (non-hydrogen) atoms. The third-order valence-electron chi connectivity index (χ3n) is 3.40. The topological polar surface area (TPSA) is 26.3 Å². The van der Waals surface area contributed by atoms with E-state index in [1.807, 2.05) is 5.38 Å². The van der Waals surface area contributed by atoms with Gasteiger partial charge in [-0.3, -0.25) is 0 Å². The summed E-state index contributed by atoms with van der Waals surface area (Å²) in [7, 11) is 1.39. The number of ether oxygens (including phenoxy) is 1. The van der Waals surface area contributed by atoms with Crippen molar-refractivity contribution in [3.8, 4) is 0 Å². The van der Waals surface area contributed by atoms with E-state index >= 15 is 0 Å². The molecule has 0 atom stereocenters. The van der Waals surface area contributed by atoms with Gasteiger partial charge in [0, 0.05) is 0 Å². The van der Waals surface area contributed by atoms with Gasteiger partial charge in [-0.15, -0.1) is 11.3 Å². The van der Waals surface area contributed by atoms with E-state index in [2.05, 4.69) is 0 Å². The van der Waals surface area contributed by atoms with Crippen LogP contribution in [0.2, 0.25) is 5.02 Å². The van der Waals surface area contributed by atoms with Gasteiger partial charge in [-0.25, -0.2) is 4.79 Å². The number of hydrogen-bond acceptors (Lipinski definition) is 3. The molecular formula is C13H17ClO2S. The lowest BCUT2D eigenvalue weighted by Gasteiger charge is -2.21. The number of carbonyl (C=O) groups excluding carboxylic acids is 1. The third kappa shape index (κ3) is 3.02. The Bertz CT molecular complexity index is 394. The highest BCUT2D eigenvalue weighted by atomic mass is 35.5. The average molecular weight is 273 g/mol. The molecule has 0 amide bonds. The molecule has 1 aromatic rings. The molecule has 1 heterocycles. The SMILES string of the molecule is COC(=O)c1scc(CC2CCCCC2)c1Cl. The first-order valence-electron chi connectivity index (χ1n) is 6.06. The summed E-state index contributed by atoms with van der Waals surface area (Å²) in [5.74, 6) is 0.413. The molecule has 1 saturated carbocycles. The maximum atomic E-state index is 11.4. The Hall–Kier alpha value is -0.540. The second-order valence-electron chi connectivity index (χ2n) is 4.60. The molecule has 4 heteroatoms. The van der Waals surface area contributed by atoms with Gasteiger partial charge >= 0.3 is 5.97 Å². The molecule has 0 bridgehead atoms. The van der Waals surface area contributed by atoms with Crippen LogP contribution in [0.3, 0.4) is 0 Å². The number of carbonyl (C=O) groups is 1. The maximum Gasteiger partial charge on any atom is 0.349 e. The van der Waals surface area contributed by atoms with E-state index in [1.54, 1.807) is 0 Å². The highest BCUT2D eigenvalue weighted by molar-refractivity contribution is 7.12. The van der Waals surface area contributed by atoms with Crippen molar-refractivity contribution in [3.05, 3.63) is 20.8 Å². The molecule has 0 saturated heterocycles.